The lowest BCUT2D eigenvalue weighted by Crippen LogP contribution is -2.08. The van der Waals surface area contributed by atoms with Gasteiger partial charge in [-0.15, -0.1) is 0 Å². The highest BCUT2D eigenvalue weighted by Gasteiger charge is 2.12. The second-order valence-electron chi connectivity index (χ2n) is 4.40. The van der Waals surface area contributed by atoms with E-state index in [2.05, 4.69) is 10.5 Å². The molecule has 0 aromatic heterocycles. The van der Waals surface area contributed by atoms with E-state index in [-0.39, 0.29) is 17.9 Å². The van der Waals surface area contributed by atoms with Gasteiger partial charge < -0.3 is 4.74 Å². The van der Waals surface area contributed by atoms with Crippen LogP contribution in [0.5, 0.6) is 0 Å². The summed E-state index contributed by atoms with van der Waals surface area (Å²) in [5, 5.41) is 20.9. The van der Waals surface area contributed by atoms with Crippen molar-refractivity contribution >= 4 is 17.4 Å². The minimum absolute atomic E-state index is 0.152. The first-order chi connectivity index (χ1) is 11.2. The predicted octanol–water partition coefficient (Wildman–Crippen LogP) is 2.86. The lowest BCUT2D eigenvalue weighted by Gasteiger charge is -2.09. The van der Waals surface area contributed by atoms with Crippen molar-refractivity contribution in [2.24, 2.45) is 5.10 Å². The molecule has 0 heterocycles. The molecular formula is C17H12N4O2. The summed E-state index contributed by atoms with van der Waals surface area (Å²) in [6.07, 6.45) is 0. The lowest BCUT2D eigenvalue weighted by atomic mass is 10.2. The van der Waals surface area contributed by atoms with E-state index in [1.165, 1.54) is 0 Å². The number of nitriles is 2. The number of hydrogen-bond acceptors (Lipinski definition) is 6. The third-order valence-corrected chi connectivity index (χ3v) is 2.86. The van der Waals surface area contributed by atoms with Crippen LogP contribution in [0.15, 0.2) is 59.7 Å². The molecule has 0 aliphatic rings. The van der Waals surface area contributed by atoms with Crippen LogP contribution in [0.25, 0.3) is 0 Å². The van der Waals surface area contributed by atoms with Crippen molar-refractivity contribution in [2.45, 2.75) is 6.61 Å². The monoisotopic (exact) mass is 304 g/mol. The first-order valence-corrected chi connectivity index (χ1v) is 6.68. The van der Waals surface area contributed by atoms with Crippen LogP contribution in [-0.4, -0.2) is 11.7 Å². The van der Waals surface area contributed by atoms with Crippen molar-refractivity contribution in [3.05, 3.63) is 65.7 Å². The highest BCUT2D eigenvalue weighted by molar-refractivity contribution is 6.10. The molecule has 0 saturated heterocycles. The van der Waals surface area contributed by atoms with Crippen LogP contribution in [0, 0.1) is 22.7 Å². The number of para-hydroxylation sites is 1. The van der Waals surface area contributed by atoms with E-state index >= 15 is 0 Å². The average Bonchev–Trinajstić information content (AvgIpc) is 2.62. The molecule has 0 atom stereocenters. The Morgan fingerprint density at radius 2 is 1.70 bits per heavy atom. The molecule has 0 unspecified atom stereocenters. The quantitative estimate of drug-likeness (QED) is 0.520. The fourth-order valence-electron chi connectivity index (χ4n) is 1.75. The van der Waals surface area contributed by atoms with E-state index in [1.807, 2.05) is 30.3 Å². The number of nitrogens with one attached hydrogen (secondary N) is 1. The van der Waals surface area contributed by atoms with Crippen LogP contribution < -0.4 is 5.43 Å². The number of anilines is 1. The summed E-state index contributed by atoms with van der Waals surface area (Å²) >= 11 is 0. The zero-order valence-electron chi connectivity index (χ0n) is 12.1. The first-order valence-electron chi connectivity index (χ1n) is 6.68. The predicted molar refractivity (Wildman–Crippen MR) is 84.3 cm³/mol. The number of carbonyl (C=O) groups excluding carboxylic acids is 1. The van der Waals surface area contributed by atoms with Crippen molar-refractivity contribution in [3.63, 3.8) is 0 Å². The summed E-state index contributed by atoms with van der Waals surface area (Å²) in [7, 11) is 0. The molecule has 2 aromatic carbocycles. The summed E-state index contributed by atoms with van der Waals surface area (Å²) in [4.78, 5) is 12.2. The first kappa shape index (κ1) is 15.7. The zero-order chi connectivity index (χ0) is 16.5. The molecule has 1 N–H and O–H groups in total. The summed E-state index contributed by atoms with van der Waals surface area (Å²) in [5.74, 6) is -0.525. The summed E-state index contributed by atoms with van der Waals surface area (Å²) in [6.45, 7) is 0.152. The van der Waals surface area contributed by atoms with Gasteiger partial charge in [0.2, 0.25) is 5.71 Å². The molecule has 0 spiro atoms. The highest BCUT2D eigenvalue weighted by atomic mass is 16.5. The number of benzene rings is 2. The van der Waals surface area contributed by atoms with Gasteiger partial charge in [0.05, 0.1) is 11.3 Å². The average molecular weight is 304 g/mol. The van der Waals surface area contributed by atoms with E-state index in [1.54, 1.807) is 36.4 Å². The van der Waals surface area contributed by atoms with Gasteiger partial charge in [-0.05, 0) is 17.7 Å². The minimum atomic E-state index is -0.525. The standard InChI is InChI=1S/C17H12N4O2/c18-10-14(11-19)20-21-16-9-5-4-8-15(16)17(22)23-12-13-6-2-1-3-7-13/h1-9,21H,12H2. The van der Waals surface area contributed by atoms with E-state index < -0.39 is 5.97 Å². The van der Waals surface area contributed by atoms with Gasteiger partial charge in [-0.2, -0.15) is 15.6 Å². The lowest BCUT2D eigenvalue weighted by molar-refractivity contribution is 0.0474. The zero-order valence-corrected chi connectivity index (χ0v) is 12.1. The van der Waals surface area contributed by atoms with Crippen molar-refractivity contribution in [2.75, 3.05) is 5.43 Å². The number of carbonyl (C=O) groups is 1. The number of hydrogen-bond donors (Lipinski definition) is 1. The minimum Gasteiger partial charge on any atom is -0.457 e. The van der Waals surface area contributed by atoms with Crippen LogP contribution in [0.2, 0.25) is 0 Å². The second-order valence-corrected chi connectivity index (χ2v) is 4.40. The Kier molecular flexibility index (Phi) is 5.45. The Hall–Kier alpha value is -3.64. The van der Waals surface area contributed by atoms with E-state index in [0.717, 1.165) is 5.56 Å². The molecule has 0 bridgehead atoms. The Bertz CT molecular complexity index is 785. The van der Waals surface area contributed by atoms with Gasteiger partial charge in [0.25, 0.3) is 0 Å². The SMILES string of the molecule is N#CC(C#N)=NNc1ccccc1C(=O)OCc1ccccc1. The molecule has 2 rings (SSSR count). The van der Waals surface area contributed by atoms with Crippen LogP contribution in [0.4, 0.5) is 5.69 Å². The maximum atomic E-state index is 12.2. The van der Waals surface area contributed by atoms with E-state index in [4.69, 9.17) is 15.3 Å². The molecule has 6 heteroatoms. The van der Waals surface area contributed by atoms with E-state index in [9.17, 15) is 4.79 Å². The fourth-order valence-corrected chi connectivity index (χ4v) is 1.75. The maximum Gasteiger partial charge on any atom is 0.340 e. The van der Waals surface area contributed by atoms with Crippen LogP contribution in [0.1, 0.15) is 15.9 Å². The smallest absolute Gasteiger partial charge is 0.340 e. The molecule has 23 heavy (non-hydrogen) atoms. The van der Waals surface area contributed by atoms with Crippen molar-refractivity contribution in [3.8, 4) is 12.1 Å². The molecule has 0 aliphatic heterocycles. The molecule has 2 aromatic rings. The number of rotatable bonds is 5. The number of hydrazone groups is 1. The van der Waals surface area contributed by atoms with Gasteiger partial charge in [0.15, 0.2) is 0 Å². The largest absolute Gasteiger partial charge is 0.457 e. The number of nitrogens with zero attached hydrogens (tertiary/aromatic N) is 3. The van der Waals surface area contributed by atoms with Gasteiger partial charge in [0.1, 0.15) is 18.7 Å². The fraction of sp³-hybridized carbons (Fsp3) is 0.0588. The van der Waals surface area contributed by atoms with Gasteiger partial charge in [-0.3, -0.25) is 5.43 Å². The van der Waals surface area contributed by atoms with Gasteiger partial charge in [-0.1, -0.05) is 42.5 Å². The molecule has 0 radical (unpaired) electrons. The number of esters is 1. The van der Waals surface area contributed by atoms with Crippen molar-refractivity contribution in [1.82, 2.24) is 0 Å². The van der Waals surface area contributed by atoms with Crippen LogP contribution >= 0.6 is 0 Å². The second kappa shape index (κ2) is 7.96. The Morgan fingerprint density at radius 3 is 2.39 bits per heavy atom. The van der Waals surface area contributed by atoms with E-state index in [0.29, 0.717) is 5.69 Å². The van der Waals surface area contributed by atoms with Crippen LogP contribution in [0.3, 0.4) is 0 Å². The summed E-state index contributed by atoms with van der Waals surface area (Å²) in [6, 6.07) is 19.1. The van der Waals surface area contributed by atoms with Crippen LogP contribution in [-0.2, 0) is 11.3 Å². The molecule has 0 amide bonds. The molecule has 0 saturated carbocycles. The molecule has 112 valence electrons. The van der Waals surface area contributed by atoms with Crippen molar-refractivity contribution < 1.29 is 9.53 Å². The third kappa shape index (κ3) is 4.42. The summed E-state index contributed by atoms with van der Waals surface area (Å²) in [5.41, 5.74) is 3.70. The van der Waals surface area contributed by atoms with Gasteiger partial charge >= 0.3 is 5.97 Å². The topological polar surface area (TPSA) is 98.3 Å². The van der Waals surface area contributed by atoms with Crippen molar-refractivity contribution in [1.29, 1.82) is 10.5 Å². The molecule has 0 aliphatic carbocycles. The van der Waals surface area contributed by atoms with Gasteiger partial charge in [0, 0.05) is 0 Å². The Morgan fingerprint density at radius 1 is 1.04 bits per heavy atom. The molecule has 0 fully saturated rings. The highest BCUT2D eigenvalue weighted by Crippen LogP contribution is 2.17. The third-order valence-electron chi connectivity index (χ3n) is 2.86. The molecule has 6 nitrogen and oxygen atoms in total. The molecular weight excluding hydrogens is 292 g/mol. The number of ether oxygens (including phenoxy) is 1. The Labute approximate surface area is 133 Å². The Balaban J connectivity index is 2.10. The summed E-state index contributed by atoms with van der Waals surface area (Å²) < 4.78 is 5.26. The normalized spacial score (nSPS) is 9.13. The maximum absolute atomic E-state index is 12.2. The van der Waals surface area contributed by atoms with Gasteiger partial charge in [-0.25, -0.2) is 4.79 Å².